The monoisotopic (exact) mass is 301 g/mol. The summed E-state index contributed by atoms with van der Waals surface area (Å²) in [5.41, 5.74) is 1.46. The molecule has 0 atom stereocenters. The minimum absolute atomic E-state index is 0.330. The Labute approximate surface area is 128 Å². The molecule has 114 valence electrons. The quantitative estimate of drug-likeness (QED) is 0.602. The molecule has 1 N–H and O–H groups in total. The van der Waals surface area contributed by atoms with Crippen LogP contribution in [0.25, 0.3) is 10.9 Å². The Kier molecular flexibility index (Phi) is 5.36. The minimum Gasteiger partial charge on any atom is -0.369 e. The van der Waals surface area contributed by atoms with Crippen LogP contribution >= 0.6 is 0 Å². The van der Waals surface area contributed by atoms with Crippen molar-refractivity contribution >= 4 is 16.7 Å². The van der Waals surface area contributed by atoms with Crippen molar-refractivity contribution in [1.29, 1.82) is 0 Å². The highest BCUT2D eigenvalue weighted by atomic mass is 19.1. The largest absolute Gasteiger partial charge is 0.369 e. The van der Waals surface area contributed by atoms with Crippen molar-refractivity contribution in [2.24, 2.45) is 0 Å². The zero-order chi connectivity index (χ0) is 15.9. The number of hydrogen-bond acceptors (Lipinski definition) is 3. The lowest BCUT2D eigenvalue weighted by Crippen LogP contribution is -2.04. The molecule has 0 saturated carbocycles. The zero-order valence-corrected chi connectivity index (χ0v) is 12.1. The summed E-state index contributed by atoms with van der Waals surface area (Å²) in [7, 11) is 0. The van der Waals surface area contributed by atoms with E-state index in [0.29, 0.717) is 29.7 Å². The van der Waals surface area contributed by atoms with E-state index in [1.54, 1.807) is 12.1 Å². The van der Waals surface area contributed by atoms with Crippen LogP contribution in [0.15, 0.2) is 61.2 Å². The van der Waals surface area contributed by atoms with E-state index in [0.717, 1.165) is 12.0 Å². The van der Waals surface area contributed by atoms with Crippen LogP contribution in [0.1, 0.15) is 12.8 Å². The summed E-state index contributed by atoms with van der Waals surface area (Å²) in [5.74, 6) is -0.229. The van der Waals surface area contributed by atoms with E-state index >= 15 is 0 Å². The molecule has 1 aromatic carbocycles. The molecule has 22 heavy (non-hydrogen) atoms. The van der Waals surface area contributed by atoms with Gasteiger partial charge in [-0.25, -0.2) is 18.7 Å². The maximum absolute atomic E-state index is 13.3. The first-order valence-electron chi connectivity index (χ1n) is 6.91. The Balaban J connectivity index is 1.99. The fourth-order valence-corrected chi connectivity index (χ4v) is 2.10. The second-order valence-corrected chi connectivity index (χ2v) is 4.78. The van der Waals surface area contributed by atoms with E-state index in [1.807, 2.05) is 0 Å². The molecular formula is C17H17F2N3. The third-order valence-electron chi connectivity index (χ3n) is 3.14. The number of nitrogens with one attached hydrogen (secondary N) is 1. The summed E-state index contributed by atoms with van der Waals surface area (Å²) in [6.45, 7) is 7.46. The molecule has 0 unspecified atom stereocenters. The summed E-state index contributed by atoms with van der Waals surface area (Å²) in [6.07, 6.45) is 5.83. The Bertz CT molecular complexity index is 723. The molecule has 0 fully saturated rings. The van der Waals surface area contributed by atoms with E-state index < -0.39 is 5.83 Å². The number of rotatable bonds is 7. The first-order chi connectivity index (χ1) is 10.6. The SMILES string of the molecule is C=C/C(=C\C(=C)F)CCCNc1ncnc2ccc(F)cc12. The lowest BCUT2D eigenvalue weighted by molar-refractivity contribution is 0.629. The van der Waals surface area contributed by atoms with Gasteiger partial charge in [-0.2, -0.15) is 0 Å². The lowest BCUT2D eigenvalue weighted by Gasteiger charge is -2.08. The van der Waals surface area contributed by atoms with Gasteiger partial charge in [-0.15, -0.1) is 0 Å². The van der Waals surface area contributed by atoms with Gasteiger partial charge >= 0.3 is 0 Å². The fraction of sp³-hybridized carbons (Fsp3) is 0.176. The molecule has 1 aromatic heterocycles. The van der Waals surface area contributed by atoms with Gasteiger partial charge in [0.1, 0.15) is 23.8 Å². The number of anilines is 1. The predicted octanol–water partition coefficient (Wildman–Crippen LogP) is 4.56. The topological polar surface area (TPSA) is 37.8 Å². The zero-order valence-electron chi connectivity index (χ0n) is 12.1. The maximum atomic E-state index is 13.3. The number of nitrogens with zero attached hydrogens (tertiary/aromatic N) is 2. The predicted molar refractivity (Wildman–Crippen MR) is 85.7 cm³/mol. The average Bonchev–Trinajstić information content (AvgIpc) is 2.50. The van der Waals surface area contributed by atoms with E-state index in [4.69, 9.17) is 0 Å². The van der Waals surface area contributed by atoms with Gasteiger partial charge in [0.25, 0.3) is 0 Å². The van der Waals surface area contributed by atoms with E-state index in [2.05, 4.69) is 28.4 Å². The second kappa shape index (κ2) is 7.45. The molecular weight excluding hydrogens is 284 g/mol. The van der Waals surface area contributed by atoms with E-state index in [1.165, 1.54) is 24.5 Å². The minimum atomic E-state index is -0.486. The highest BCUT2D eigenvalue weighted by Crippen LogP contribution is 2.20. The van der Waals surface area contributed by atoms with Gasteiger partial charge in [-0.1, -0.05) is 19.2 Å². The first kappa shape index (κ1) is 15.8. The molecule has 1 heterocycles. The molecule has 2 aromatic rings. The van der Waals surface area contributed by atoms with Gasteiger partial charge in [0.2, 0.25) is 0 Å². The van der Waals surface area contributed by atoms with Crippen LogP contribution in [0.5, 0.6) is 0 Å². The van der Waals surface area contributed by atoms with Crippen LogP contribution in [0, 0.1) is 5.82 Å². The van der Waals surface area contributed by atoms with Crippen molar-refractivity contribution in [2.75, 3.05) is 11.9 Å². The van der Waals surface area contributed by atoms with Gasteiger partial charge in [0.05, 0.1) is 5.52 Å². The van der Waals surface area contributed by atoms with E-state index in [9.17, 15) is 8.78 Å². The molecule has 0 saturated heterocycles. The fourth-order valence-electron chi connectivity index (χ4n) is 2.10. The van der Waals surface area contributed by atoms with Crippen molar-refractivity contribution in [3.63, 3.8) is 0 Å². The third-order valence-corrected chi connectivity index (χ3v) is 3.14. The van der Waals surface area contributed by atoms with Crippen molar-refractivity contribution in [1.82, 2.24) is 9.97 Å². The Morgan fingerprint density at radius 3 is 2.86 bits per heavy atom. The highest BCUT2D eigenvalue weighted by molar-refractivity contribution is 5.88. The summed E-state index contributed by atoms with van der Waals surface area (Å²) < 4.78 is 26.1. The number of halogens is 2. The Hall–Kier alpha value is -2.56. The third kappa shape index (κ3) is 4.22. The number of fused-ring (bicyclic) bond motifs is 1. The van der Waals surface area contributed by atoms with Crippen LogP contribution in [0.3, 0.4) is 0 Å². The summed E-state index contributed by atoms with van der Waals surface area (Å²) in [6, 6.07) is 4.38. The molecule has 0 aliphatic rings. The van der Waals surface area contributed by atoms with Crippen molar-refractivity contribution in [3.05, 3.63) is 67.1 Å². The van der Waals surface area contributed by atoms with Crippen LogP contribution in [0.2, 0.25) is 0 Å². The molecule has 5 heteroatoms. The van der Waals surface area contributed by atoms with Crippen LogP contribution in [-0.2, 0) is 0 Å². The average molecular weight is 301 g/mol. The summed E-state index contributed by atoms with van der Waals surface area (Å²) in [5, 5.41) is 3.79. The number of hydrogen-bond donors (Lipinski definition) is 1. The van der Waals surface area contributed by atoms with Gasteiger partial charge in [0.15, 0.2) is 0 Å². The molecule has 2 rings (SSSR count). The van der Waals surface area contributed by atoms with Crippen LogP contribution in [-0.4, -0.2) is 16.5 Å². The normalized spacial score (nSPS) is 11.5. The molecule has 0 aliphatic heterocycles. The second-order valence-electron chi connectivity index (χ2n) is 4.78. The van der Waals surface area contributed by atoms with Crippen LogP contribution < -0.4 is 5.32 Å². The molecule has 0 spiro atoms. The van der Waals surface area contributed by atoms with Crippen molar-refractivity contribution in [3.8, 4) is 0 Å². The number of allylic oxidation sites excluding steroid dienone is 4. The summed E-state index contributed by atoms with van der Waals surface area (Å²) >= 11 is 0. The molecule has 0 radical (unpaired) electrons. The van der Waals surface area contributed by atoms with E-state index in [-0.39, 0.29) is 5.82 Å². The lowest BCUT2D eigenvalue weighted by atomic mass is 10.1. The van der Waals surface area contributed by atoms with Crippen molar-refractivity contribution in [2.45, 2.75) is 12.8 Å². The highest BCUT2D eigenvalue weighted by Gasteiger charge is 2.04. The molecule has 0 amide bonds. The first-order valence-corrected chi connectivity index (χ1v) is 6.91. The molecule has 0 bridgehead atoms. The Morgan fingerprint density at radius 2 is 2.14 bits per heavy atom. The number of benzene rings is 1. The summed E-state index contributed by atoms with van der Waals surface area (Å²) in [4.78, 5) is 8.23. The van der Waals surface area contributed by atoms with Gasteiger partial charge in [0, 0.05) is 11.9 Å². The maximum Gasteiger partial charge on any atom is 0.137 e. The molecule has 3 nitrogen and oxygen atoms in total. The molecule has 0 aliphatic carbocycles. The smallest absolute Gasteiger partial charge is 0.137 e. The standard InChI is InChI=1S/C17H17F2N3/c1-3-13(9-12(2)18)5-4-8-20-17-15-10-14(19)6-7-16(15)21-11-22-17/h3,6-7,9-11H,1-2,4-5,8H2,(H,20,21,22)/b13-9+. The number of aromatic nitrogens is 2. The van der Waals surface area contributed by atoms with Gasteiger partial charge in [-0.05, 0) is 42.7 Å². The van der Waals surface area contributed by atoms with Crippen LogP contribution in [0.4, 0.5) is 14.6 Å². The van der Waals surface area contributed by atoms with Gasteiger partial charge in [-0.3, -0.25) is 0 Å². The van der Waals surface area contributed by atoms with Gasteiger partial charge < -0.3 is 5.32 Å². The van der Waals surface area contributed by atoms with Crippen molar-refractivity contribution < 1.29 is 8.78 Å². The Morgan fingerprint density at radius 1 is 1.32 bits per heavy atom.